The number of amides is 1. The Balaban J connectivity index is 1.56. The van der Waals surface area contributed by atoms with Crippen molar-refractivity contribution in [1.29, 1.82) is 0 Å². The highest BCUT2D eigenvalue weighted by Crippen LogP contribution is 2.33. The summed E-state index contributed by atoms with van der Waals surface area (Å²) in [5.41, 5.74) is -0.461. The molecule has 1 fully saturated rings. The van der Waals surface area contributed by atoms with Crippen molar-refractivity contribution in [2.45, 2.75) is 32.9 Å². The normalized spacial score (nSPS) is 14.7. The number of hydrogen-bond acceptors (Lipinski definition) is 4. The summed E-state index contributed by atoms with van der Waals surface area (Å²) in [6.07, 6.45) is -3.78. The lowest BCUT2D eigenvalue weighted by molar-refractivity contribution is -0.137. The number of ketones is 1. The van der Waals surface area contributed by atoms with Crippen molar-refractivity contribution < 1.29 is 22.8 Å². The van der Waals surface area contributed by atoms with Crippen LogP contribution in [-0.4, -0.2) is 39.5 Å². The van der Waals surface area contributed by atoms with Crippen LogP contribution >= 0.6 is 0 Å². The van der Waals surface area contributed by atoms with Crippen LogP contribution in [0.15, 0.2) is 59.4 Å². The molecule has 0 unspecified atom stereocenters. The van der Waals surface area contributed by atoms with Crippen LogP contribution in [0.4, 0.5) is 13.2 Å². The number of carbonyl (C=O) groups excluding carboxylic acids is 2. The molecule has 0 atom stereocenters. The number of piperidine rings is 1. The lowest BCUT2D eigenvalue weighted by atomic mass is 9.88. The second-order valence-electron chi connectivity index (χ2n) is 8.72. The standard InChI is InChI=1S/C26H24F3N3O3/c1-16-7-9-18(10-8-16)24(34)19-11-13-31(14-12-19)25(35)23-22(33)15-17(2)32(30-23)21-6-4-3-5-20(21)26(27,28)29/h3-10,15,19H,11-14H2,1-2H3. The van der Waals surface area contributed by atoms with Crippen LogP contribution in [0.1, 0.15) is 50.5 Å². The van der Waals surface area contributed by atoms with E-state index in [0.29, 0.717) is 18.4 Å². The van der Waals surface area contributed by atoms with Gasteiger partial charge < -0.3 is 4.90 Å². The van der Waals surface area contributed by atoms with Crippen LogP contribution in [0.2, 0.25) is 0 Å². The summed E-state index contributed by atoms with van der Waals surface area (Å²) in [5, 5.41) is 4.05. The molecule has 182 valence electrons. The fraction of sp³-hybridized carbons (Fsp3) is 0.308. The lowest BCUT2D eigenvalue weighted by Crippen LogP contribution is -2.42. The number of benzene rings is 2. The van der Waals surface area contributed by atoms with E-state index in [-0.39, 0.29) is 36.2 Å². The van der Waals surface area contributed by atoms with Crippen molar-refractivity contribution in [3.63, 3.8) is 0 Å². The molecule has 35 heavy (non-hydrogen) atoms. The molecule has 6 nitrogen and oxygen atoms in total. The van der Waals surface area contributed by atoms with E-state index in [4.69, 9.17) is 0 Å². The predicted molar refractivity (Wildman–Crippen MR) is 124 cm³/mol. The van der Waals surface area contributed by atoms with Gasteiger partial charge in [0.2, 0.25) is 5.43 Å². The van der Waals surface area contributed by atoms with Gasteiger partial charge in [0, 0.05) is 36.3 Å². The zero-order valence-corrected chi connectivity index (χ0v) is 19.3. The third-order valence-electron chi connectivity index (χ3n) is 6.24. The van der Waals surface area contributed by atoms with Crippen LogP contribution in [0.25, 0.3) is 5.69 Å². The number of aromatic nitrogens is 2. The summed E-state index contributed by atoms with van der Waals surface area (Å²) in [4.78, 5) is 39.9. The highest BCUT2D eigenvalue weighted by molar-refractivity contribution is 5.98. The fourth-order valence-electron chi connectivity index (χ4n) is 4.29. The molecule has 3 aromatic rings. The van der Waals surface area contributed by atoms with Crippen molar-refractivity contribution in [3.05, 3.63) is 92.9 Å². The molecular formula is C26H24F3N3O3. The second kappa shape index (κ2) is 9.48. The quantitative estimate of drug-likeness (QED) is 0.509. The number of likely N-dealkylation sites (tertiary alicyclic amines) is 1. The summed E-state index contributed by atoms with van der Waals surface area (Å²) >= 11 is 0. The number of halogens is 3. The predicted octanol–water partition coefficient (Wildman–Crippen LogP) is 4.60. The number of para-hydroxylation sites is 1. The molecular weight excluding hydrogens is 459 g/mol. The number of nitrogens with zero attached hydrogens (tertiary/aromatic N) is 3. The van der Waals surface area contributed by atoms with E-state index >= 15 is 0 Å². The summed E-state index contributed by atoms with van der Waals surface area (Å²) in [6, 6.07) is 13.3. The Morgan fingerprint density at radius 2 is 1.60 bits per heavy atom. The van der Waals surface area contributed by atoms with Gasteiger partial charge in [0.15, 0.2) is 11.5 Å². The topological polar surface area (TPSA) is 72.3 Å². The van der Waals surface area contributed by atoms with E-state index in [0.717, 1.165) is 22.4 Å². The molecule has 1 saturated heterocycles. The highest BCUT2D eigenvalue weighted by Gasteiger charge is 2.35. The van der Waals surface area contributed by atoms with E-state index in [2.05, 4.69) is 5.10 Å². The first kappa shape index (κ1) is 24.4. The van der Waals surface area contributed by atoms with E-state index in [9.17, 15) is 27.6 Å². The van der Waals surface area contributed by atoms with Crippen molar-refractivity contribution in [3.8, 4) is 5.69 Å². The van der Waals surface area contributed by atoms with Gasteiger partial charge in [-0.15, -0.1) is 0 Å². The molecule has 0 bridgehead atoms. The molecule has 4 rings (SSSR count). The zero-order chi connectivity index (χ0) is 25.3. The largest absolute Gasteiger partial charge is 0.418 e. The molecule has 0 aliphatic carbocycles. The SMILES string of the molecule is Cc1ccc(C(=O)C2CCN(C(=O)c3nn(-c4ccccc4C(F)(F)F)c(C)cc3=O)CC2)cc1. The van der Waals surface area contributed by atoms with Crippen molar-refractivity contribution in [2.24, 2.45) is 5.92 Å². The Morgan fingerprint density at radius 1 is 0.971 bits per heavy atom. The first-order valence-electron chi connectivity index (χ1n) is 11.2. The first-order valence-corrected chi connectivity index (χ1v) is 11.2. The summed E-state index contributed by atoms with van der Waals surface area (Å²) < 4.78 is 41.6. The molecule has 9 heteroatoms. The number of alkyl halides is 3. The molecule has 1 aromatic heterocycles. The van der Waals surface area contributed by atoms with Crippen LogP contribution < -0.4 is 5.43 Å². The molecule has 2 heterocycles. The third-order valence-corrected chi connectivity index (χ3v) is 6.24. The van der Waals surface area contributed by atoms with Crippen LogP contribution in [0.5, 0.6) is 0 Å². The number of rotatable bonds is 4. The van der Waals surface area contributed by atoms with Gasteiger partial charge in [-0.2, -0.15) is 18.3 Å². The van der Waals surface area contributed by atoms with Crippen molar-refractivity contribution in [2.75, 3.05) is 13.1 Å². The van der Waals surface area contributed by atoms with Gasteiger partial charge in [0.05, 0.1) is 11.3 Å². The zero-order valence-electron chi connectivity index (χ0n) is 19.3. The average Bonchev–Trinajstić information content (AvgIpc) is 2.83. The minimum atomic E-state index is -4.64. The van der Waals surface area contributed by atoms with Crippen molar-refractivity contribution >= 4 is 11.7 Å². The van der Waals surface area contributed by atoms with Gasteiger partial charge in [-0.1, -0.05) is 42.0 Å². The monoisotopic (exact) mass is 483 g/mol. The number of Topliss-reactive ketones (excluding diaryl/α,β-unsaturated/α-hetero) is 1. The lowest BCUT2D eigenvalue weighted by Gasteiger charge is -2.31. The molecule has 1 aliphatic rings. The minimum Gasteiger partial charge on any atom is -0.337 e. The number of aryl methyl sites for hydroxylation is 2. The Kier molecular flexibility index (Phi) is 6.60. The van der Waals surface area contributed by atoms with E-state index in [1.54, 1.807) is 12.1 Å². The third kappa shape index (κ3) is 5.03. The maximum absolute atomic E-state index is 13.5. The summed E-state index contributed by atoms with van der Waals surface area (Å²) in [7, 11) is 0. The van der Waals surface area contributed by atoms with Crippen molar-refractivity contribution in [1.82, 2.24) is 14.7 Å². The van der Waals surface area contributed by atoms with Gasteiger partial charge >= 0.3 is 6.18 Å². The molecule has 0 saturated carbocycles. The maximum atomic E-state index is 13.5. The fourth-order valence-corrected chi connectivity index (χ4v) is 4.29. The van der Waals surface area contributed by atoms with E-state index in [1.807, 2.05) is 19.1 Å². The highest BCUT2D eigenvalue weighted by atomic mass is 19.4. The molecule has 0 N–H and O–H groups in total. The Morgan fingerprint density at radius 3 is 2.23 bits per heavy atom. The molecule has 0 radical (unpaired) electrons. The first-order chi connectivity index (χ1) is 16.6. The average molecular weight is 483 g/mol. The van der Waals surface area contributed by atoms with Gasteiger partial charge in [0.1, 0.15) is 0 Å². The summed E-state index contributed by atoms with van der Waals surface area (Å²) in [5.74, 6) is -0.894. The molecule has 1 amide bonds. The van der Waals surface area contributed by atoms with Gasteiger partial charge in [-0.05, 0) is 38.8 Å². The number of hydrogen-bond donors (Lipinski definition) is 0. The Labute approximate surface area is 200 Å². The minimum absolute atomic E-state index is 0.0108. The Hall–Kier alpha value is -3.75. The molecule has 0 spiro atoms. The van der Waals surface area contributed by atoms with Gasteiger partial charge in [-0.25, -0.2) is 4.68 Å². The molecule has 1 aliphatic heterocycles. The second-order valence-corrected chi connectivity index (χ2v) is 8.72. The smallest absolute Gasteiger partial charge is 0.337 e. The number of carbonyl (C=O) groups is 2. The van der Waals surface area contributed by atoms with Gasteiger partial charge in [0.25, 0.3) is 5.91 Å². The Bertz CT molecular complexity index is 1320. The van der Waals surface area contributed by atoms with Crippen LogP contribution in [0, 0.1) is 19.8 Å². The van der Waals surface area contributed by atoms with E-state index < -0.39 is 28.8 Å². The van der Waals surface area contributed by atoms with Crippen LogP contribution in [0.3, 0.4) is 0 Å². The van der Waals surface area contributed by atoms with Crippen LogP contribution in [-0.2, 0) is 6.18 Å². The maximum Gasteiger partial charge on any atom is 0.418 e. The van der Waals surface area contributed by atoms with E-state index in [1.165, 1.54) is 30.0 Å². The molecule has 2 aromatic carbocycles. The van der Waals surface area contributed by atoms with Gasteiger partial charge in [-0.3, -0.25) is 14.4 Å². The summed E-state index contributed by atoms with van der Waals surface area (Å²) in [6.45, 7) is 3.88.